The van der Waals surface area contributed by atoms with Gasteiger partial charge in [0.05, 0.1) is 36.1 Å². The number of benzene rings is 1. The van der Waals surface area contributed by atoms with Crippen LogP contribution in [0.2, 0.25) is 0 Å². The van der Waals surface area contributed by atoms with Crippen molar-refractivity contribution in [3.8, 4) is 0 Å². The fourth-order valence-corrected chi connectivity index (χ4v) is 4.20. The van der Waals surface area contributed by atoms with E-state index in [1.54, 1.807) is 18.1 Å². The molecule has 0 bridgehead atoms. The van der Waals surface area contributed by atoms with Gasteiger partial charge >= 0.3 is 6.03 Å². The smallest absolute Gasteiger partial charge is 0.322 e. The minimum atomic E-state index is -0.496. The number of pyridine rings is 1. The van der Waals surface area contributed by atoms with Gasteiger partial charge in [-0.15, -0.1) is 0 Å². The minimum Gasteiger partial charge on any atom is -0.350 e. The van der Waals surface area contributed by atoms with Crippen LogP contribution in [-0.4, -0.2) is 52.8 Å². The van der Waals surface area contributed by atoms with Crippen LogP contribution in [0.3, 0.4) is 0 Å². The Morgan fingerprint density at radius 2 is 2.03 bits per heavy atom. The molecule has 0 fully saturated rings. The molecule has 3 heterocycles. The van der Waals surface area contributed by atoms with Crippen LogP contribution >= 0.6 is 0 Å². The van der Waals surface area contributed by atoms with Gasteiger partial charge in [-0.2, -0.15) is 0 Å². The van der Waals surface area contributed by atoms with Gasteiger partial charge in [-0.25, -0.2) is 4.79 Å². The van der Waals surface area contributed by atoms with E-state index in [9.17, 15) is 14.4 Å². The first-order chi connectivity index (χ1) is 15.3. The van der Waals surface area contributed by atoms with Crippen molar-refractivity contribution in [1.29, 1.82) is 0 Å². The minimum absolute atomic E-state index is 0.144. The monoisotopic (exact) mass is 433 g/mol. The summed E-state index contributed by atoms with van der Waals surface area (Å²) in [5.74, 6) is -0.295. The molecule has 8 nitrogen and oxygen atoms in total. The SMILES string of the molecule is Cc1ccc([C@H]2NC(=O)N(C)C3=C2C(=O)N(CCC(=O)NCc2ccccn2)C3)c(C)c1. The summed E-state index contributed by atoms with van der Waals surface area (Å²) in [6.45, 7) is 4.93. The molecule has 4 rings (SSSR count). The molecule has 0 aliphatic carbocycles. The Morgan fingerprint density at radius 1 is 1.22 bits per heavy atom. The summed E-state index contributed by atoms with van der Waals surface area (Å²) < 4.78 is 0. The normalized spacial score (nSPS) is 18.0. The number of carbonyl (C=O) groups excluding carboxylic acids is 3. The predicted octanol–water partition coefficient (Wildman–Crippen LogP) is 2.20. The molecule has 2 N–H and O–H groups in total. The zero-order valence-electron chi connectivity index (χ0n) is 18.5. The number of nitrogens with zero attached hydrogens (tertiary/aromatic N) is 3. The molecule has 0 radical (unpaired) electrons. The molecule has 2 aromatic rings. The summed E-state index contributed by atoms with van der Waals surface area (Å²) in [5.41, 5.74) is 5.10. The molecular weight excluding hydrogens is 406 g/mol. The quantitative estimate of drug-likeness (QED) is 0.730. The maximum atomic E-state index is 13.3. The molecular formula is C24H27N5O3. The zero-order valence-corrected chi connectivity index (χ0v) is 18.5. The number of aryl methyl sites for hydroxylation is 2. The van der Waals surface area contributed by atoms with Gasteiger partial charge in [-0.1, -0.05) is 29.8 Å². The van der Waals surface area contributed by atoms with E-state index in [2.05, 4.69) is 15.6 Å². The van der Waals surface area contributed by atoms with Gasteiger partial charge in [-0.3, -0.25) is 19.5 Å². The number of urea groups is 1. The number of nitrogens with one attached hydrogen (secondary N) is 2. The summed E-state index contributed by atoms with van der Waals surface area (Å²) in [4.78, 5) is 45.5. The molecule has 1 aromatic heterocycles. The lowest BCUT2D eigenvalue weighted by molar-refractivity contribution is -0.127. The van der Waals surface area contributed by atoms with E-state index in [0.717, 1.165) is 22.4 Å². The molecule has 0 spiro atoms. The van der Waals surface area contributed by atoms with Crippen molar-refractivity contribution in [1.82, 2.24) is 25.4 Å². The Bertz CT molecular complexity index is 1100. The highest BCUT2D eigenvalue weighted by atomic mass is 16.2. The lowest BCUT2D eigenvalue weighted by Crippen LogP contribution is -2.45. The highest BCUT2D eigenvalue weighted by molar-refractivity contribution is 6.01. The second-order valence-corrected chi connectivity index (χ2v) is 8.24. The number of hydrogen-bond donors (Lipinski definition) is 2. The third-order valence-corrected chi connectivity index (χ3v) is 5.97. The molecule has 2 aliphatic rings. The van der Waals surface area contributed by atoms with Crippen LogP contribution in [0.4, 0.5) is 4.79 Å². The lowest BCUT2D eigenvalue weighted by Gasteiger charge is -2.31. The van der Waals surface area contributed by atoms with E-state index in [-0.39, 0.29) is 30.8 Å². The van der Waals surface area contributed by atoms with Gasteiger partial charge in [0.15, 0.2) is 0 Å². The highest BCUT2D eigenvalue weighted by Crippen LogP contribution is 2.36. The van der Waals surface area contributed by atoms with Crippen LogP contribution in [-0.2, 0) is 16.1 Å². The Kier molecular flexibility index (Phi) is 5.94. The molecule has 8 heteroatoms. The summed E-state index contributed by atoms with van der Waals surface area (Å²) in [6.07, 6.45) is 1.86. The topological polar surface area (TPSA) is 94.6 Å². The molecule has 0 unspecified atom stereocenters. The van der Waals surface area contributed by atoms with Gasteiger partial charge in [0.2, 0.25) is 5.91 Å². The average Bonchev–Trinajstić information content (AvgIpc) is 3.11. The second-order valence-electron chi connectivity index (χ2n) is 8.24. The Hall–Kier alpha value is -3.68. The number of rotatable bonds is 6. The van der Waals surface area contributed by atoms with Gasteiger partial charge < -0.3 is 15.5 Å². The summed E-state index contributed by atoms with van der Waals surface area (Å²) in [7, 11) is 1.67. The number of aromatic nitrogens is 1. The van der Waals surface area contributed by atoms with Crippen molar-refractivity contribution in [3.63, 3.8) is 0 Å². The van der Waals surface area contributed by atoms with E-state index in [1.165, 1.54) is 4.90 Å². The molecule has 32 heavy (non-hydrogen) atoms. The van der Waals surface area contributed by atoms with Crippen LogP contribution in [0, 0.1) is 13.8 Å². The van der Waals surface area contributed by atoms with Crippen LogP contribution in [0.15, 0.2) is 53.9 Å². The Labute approximate surface area is 187 Å². The molecule has 0 saturated carbocycles. The molecule has 1 atom stereocenters. The molecule has 166 valence electrons. The van der Waals surface area contributed by atoms with Gasteiger partial charge in [0, 0.05) is 26.2 Å². The van der Waals surface area contributed by atoms with Crippen molar-refractivity contribution < 1.29 is 14.4 Å². The molecule has 2 aliphatic heterocycles. The van der Waals surface area contributed by atoms with Gasteiger partial charge in [0.1, 0.15) is 0 Å². The second kappa shape index (κ2) is 8.82. The molecule has 1 aromatic carbocycles. The van der Waals surface area contributed by atoms with Crippen LogP contribution < -0.4 is 10.6 Å². The zero-order chi connectivity index (χ0) is 22.8. The van der Waals surface area contributed by atoms with Crippen molar-refractivity contribution in [2.75, 3.05) is 20.1 Å². The highest BCUT2D eigenvalue weighted by Gasteiger charge is 2.43. The van der Waals surface area contributed by atoms with E-state index >= 15 is 0 Å². The van der Waals surface area contributed by atoms with Crippen molar-refractivity contribution >= 4 is 17.8 Å². The first-order valence-electron chi connectivity index (χ1n) is 10.7. The first-order valence-corrected chi connectivity index (χ1v) is 10.7. The summed E-state index contributed by atoms with van der Waals surface area (Å²) >= 11 is 0. The van der Waals surface area contributed by atoms with Crippen LogP contribution in [0.1, 0.15) is 34.8 Å². The van der Waals surface area contributed by atoms with Crippen molar-refractivity contribution in [2.24, 2.45) is 0 Å². The van der Waals surface area contributed by atoms with Gasteiger partial charge in [-0.05, 0) is 37.1 Å². The third-order valence-electron chi connectivity index (χ3n) is 5.97. The van der Waals surface area contributed by atoms with Crippen molar-refractivity contribution in [2.45, 2.75) is 32.9 Å². The summed E-state index contributed by atoms with van der Waals surface area (Å²) in [6, 6.07) is 10.8. The largest absolute Gasteiger partial charge is 0.350 e. The van der Waals surface area contributed by atoms with Crippen LogP contribution in [0.25, 0.3) is 0 Å². The van der Waals surface area contributed by atoms with E-state index in [4.69, 9.17) is 0 Å². The first kappa shape index (κ1) is 21.5. The van der Waals surface area contributed by atoms with Gasteiger partial charge in [0.25, 0.3) is 5.91 Å². The lowest BCUT2D eigenvalue weighted by atomic mass is 9.91. The number of likely N-dealkylation sites (N-methyl/N-ethyl adjacent to an activating group) is 1. The molecule has 0 saturated heterocycles. The van der Waals surface area contributed by atoms with Crippen molar-refractivity contribution in [3.05, 3.63) is 76.2 Å². The third kappa shape index (κ3) is 4.21. The average molecular weight is 434 g/mol. The fraction of sp³-hybridized carbons (Fsp3) is 0.333. The maximum Gasteiger partial charge on any atom is 0.322 e. The Balaban J connectivity index is 1.45. The fourth-order valence-electron chi connectivity index (χ4n) is 4.20. The maximum absolute atomic E-state index is 13.3. The number of carbonyl (C=O) groups is 3. The van der Waals surface area contributed by atoms with E-state index in [0.29, 0.717) is 24.4 Å². The van der Waals surface area contributed by atoms with E-state index < -0.39 is 6.04 Å². The number of amides is 4. The number of hydrogen-bond acceptors (Lipinski definition) is 4. The van der Waals surface area contributed by atoms with Crippen LogP contribution in [0.5, 0.6) is 0 Å². The Morgan fingerprint density at radius 3 is 2.75 bits per heavy atom. The van der Waals surface area contributed by atoms with E-state index in [1.807, 2.05) is 50.2 Å². The summed E-state index contributed by atoms with van der Waals surface area (Å²) in [5, 5.41) is 5.80. The molecule has 4 amide bonds. The predicted molar refractivity (Wildman–Crippen MR) is 119 cm³/mol. The standard InChI is InChI=1S/C24H27N5O3/c1-15-7-8-18(16(2)12-15)22-21-19(28(3)24(32)27-22)14-29(23(21)31)11-9-20(30)26-13-17-6-4-5-10-25-17/h4-8,10,12,22H,9,11,13-14H2,1-3H3,(H,26,30)(H,27,32)/t22-/m1/s1.